The van der Waals surface area contributed by atoms with Gasteiger partial charge >= 0.3 is 6.03 Å². The van der Waals surface area contributed by atoms with Crippen molar-refractivity contribution in [2.75, 3.05) is 29.9 Å². The second-order valence-electron chi connectivity index (χ2n) is 8.34. The average molecular weight is 424 g/mol. The molecule has 4 heterocycles. The third-order valence-electron chi connectivity index (χ3n) is 6.04. The number of amides is 2. The number of halogens is 1. The molecule has 3 aromatic rings. The number of hydrogen-bond acceptors (Lipinski definition) is 5. The van der Waals surface area contributed by atoms with Crippen molar-refractivity contribution in [3.8, 4) is 0 Å². The molecule has 2 amide bonds. The van der Waals surface area contributed by atoms with Gasteiger partial charge in [-0.3, -0.25) is 0 Å². The van der Waals surface area contributed by atoms with Crippen LogP contribution in [0.3, 0.4) is 0 Å². The number of aryl methyl sites for hydroxylation is 1. The molecule has 8 nitrogen and oxygen atoms in total. The molecule has 2 atom stereocenters. The number of fused-ring (bicyclic) bond motifs is 1. The highest BCUT2D eigenvalue weighted by molar-refractivity contribution is 5.93. The number of urea groups is 1. The van der Waals surface area contributed by atoms with E-state index >= 15 is 0 Å². The van der Waals surface area contributed by atoms with E-state index in [1.165, 1.54) is 6.07 Å². The molecule has 2 N–H and O–H groups in total. The number of nitrogens with zero attached hydrogens (tertiary/aromatic N) is 5. The minimum absolute atomic E-state index is 0.0522. The number of rotatable bonds is 3. The van der Waals surface area contributed by atoms with Crippen LogP contribution in [0.1, 0.15) is 36.4 Å². The summed E-state index contributed by atoms with van der Waals surface area (Å²) in [5.74, 6) is 0.544. The molecule has 162 valence electrons. The maximum Gasteiger partial charge on any atom is 0.322 e. The Hall–Kier alpha value is -3.20. The zero-order chi connectivity index (χ0) is 21.5. The van der Waals surface area contributed by atoms with Gasteiger partial charge in [0.2, 0.25) is 0 Å². The first kappa shape index (κ1) is 19.7. The zero-order valence-electron chi connectivity index (χ0n) is 17.3. The smallest absolute Gasteiger partial charge is 0.322 e. The second-order valence-corrected chi connectivity index (χ2v) is 8.34. The number of carbonyl (C=O) groups is 1. The number of aromatic nitrogens is 3. The van der Waals surface area contributed by atoms with Crippen LogP contribution in [0.2, 0.25) is 0 Å². The van der Waals surface area contributed by atoms with Gasteiger partial charge in [-0.05, 0) is 55.5 Å². The van der Waals surface area contributed by atoms with Gasteiger partial charge in [0.05, 0.1) is 18.3 Å². The molecule has 5 rings (SSSR count). The molecule has 2 aromatic heterocycles. The number of carbonyl (C=O) groups excluding carboxylic acids is 1. The molecule has 0 aliphatic carbocycles. The molecule has 0 saturated carbocycles. The first-order valence-electron chi connectivity index (χ1n) is 10.6. The highest BCUT2D eigenvalue weighted by Gasteiger charge is 2.29. The molecule has 1 aromatic carbocycles. The van der Waals surface area contributed by atoms with Crippen molar-refractivity contribution in [3.05, 3.63) is 53.6 Å². The normalized spacial score (nSPS) is 21.3. The first-order valence-corrected chi connectivity index (χ1v) is 10.6. The summed E-state index contributed by atoms with van der Waals surface area (Å²) >= 11 is 0. The van der Waals surface area contributed by atoms with Crippen molar-refractivity contribution >= 4 is 23.2 Å². The van der Waals surface area contributed by atoms with Crippen molar-refractivity contribution in [1.82, 2.24) is 19.5 Å². The van der Waals surface area contributed by atoms with E-state index in [-0.39, 0.29) is 17.9 Å². The number of anilines is 2. The van der Waals surface area contributed by atoms with E-state index in [1.54, 1.807) is 21.7 Å². The standard InChI is InChI=1S/C22H25FN6O2/c1-14-9-15(11-16(23)10-14)19-3-2-6-28(19)20-5-8-29-21(26-20)18(12-24-29)25-22(31)27-7-4-17(30)13-27/h5,8-12,17,19,30H,2-4,6-7,13H2,1H3,(H,25,31)/t17-,19+/m0/s1. The van der Waals surface area contributed by atoms with E-state index in [1.807, 2.05) is 25.3 Å². The Morgan fingerprint density at radius 3 is 2.90 bits per heavy atom. The summed E-state index contributed by atoms with van der Waals surface area (Å²) in [7, 11) is 0. The lowest BCUT2D eigenvalue weighted by molar-refractivity contribution is 0.176. The van der Waals surface area contributed by atoms with E-state index in [4.69, 9.17) is 4.98 Å². The van der Waals surface area contributed by atoms with Crippen LogP contribution in [0.15, 0.2) is 36.7 Å². The monoisotopic (exact) mass is 424 g/mol. The Balaban J connectivity index is 1.42. The van der Waals surface area contributed by atoms with Crippen molar-refractivity contribution in [2.45, 2.75) is 38.3 Å². The van der Waals surface area contributed by atoms with Gasteiger partial charge in [0.1, 0.15) is 17.3 Å². The fraction of sp³-hybridized carbons (Fsp3) is 0.409. The molecule has 0 radical (unpaired) electrons. The summed E-state index contributed by atoms with van der Waals surface area (Å²) in [5, 5.41) is 16.8. The summed E-state index contributed by atoms with van der Waals surface area (Å²) in [4.78, 5) is 21.1. The van der Waals surface area contributed by atoms with Crippen molar-refractivity contribution in [2.24, 2.45) is 0 Å². The van der Waals surface area contributed by atoms with Crippen molar-refractivity contribution in [3.63, 3.8) is 0 Å². The summed E-state index contributed by atoms with van der Waals surface area (Å²) < 4.78 is 15.6. The van der Waals surface area contributed by atoms with Gasteiger partial charge in [-0.2, -0.15) is 5.10 Å². The van der Waals surface area contributed by atoms with Crippen LogP contribution in [-0.2, 0) is 0 Å². The molecule has 2 saturated heterocycles. The van der Waals surface area contributed by atoms with Gasteiger partial charge in [-0.1, -0.05) is 6.07 Å². The number of hydrogen-bond donors (Lipinski definition) is 2. The van der Waals surface area contributed by atoms with Crippen LogP contribution in [0.5, 0.6) is 0 Å². The topological polar surface area (TPSA) is 86.0 Å². The third kappa shape index (κ3) is 3.81. The lowest BCUT2D eigenvalue weighted by Gasteiger charge is -2.26. The highest BCUT2D eigenvalue weighted by Crippen LogP contribution is 2.36. The SMILES string of the molecule is Cc1cc(F)cc([C@H]2CCCN2c2ccn3ncc(NC(=O)N4CC[C@H](O)C4)c3n2)c1. The highest BCUT2D eigenvalue weighted by atomic mass is 19.1. The number of aliphatic hydroxyl groups excluding tert-OH is 1. The summed E-state index contributed by atoms with van der Waals surface area (Å²) in [6, 6.07) is 6.84. The molecule has 0 spiro atoms. The van der Waals surface area contributed by atoms with Gasteiger partial charge < -0.3 is 20.2 Å². The van der Waals surface area contributed by atoms with E-state index in [2.05, 4.69) is 15.3 Å². The molecule has 2 aliphatic heterocycles. The minimum Gasteiger partial charge on any atom is -0.391 e. The zero-order valence-corrected chi connectivity index (χ0v) is 17.3. The Kier molecular flexibility index (Phi) is 4.97. The number of likely N-dealkylation sites (tertiary alicyclic amines) is 1. The van der Waals surface area contributed by atoms with Gasteiger partial charge in [-0.15, -0.1) is 0 Å². The van der Waals surface area contributed by atoms with E-state index in [0.29, 0.717) is 30.8 Å². The van der Waals surface area contributed by atoms with Crippen LogP contribution < -0.4 is 10.2 Å². The maximum absolute atomic E-state index is 14.0. The number of aliphatic hydroxyl groups is 1. The Bertz CT molecular complexity index is 1110. The van der Waals surface area contributed by atoms with Gasteiger partial charge in [0, 0.05) is 25.8 Å². The minimum atomic E-state index is -0.474. The summed E-state index contributed by atoms with van der Waals surface area (Å²) in [5.41, 5.74) is 2.92. The lowest BCUT2D eigenvalue weighted by Crippen LogP contribution is -2.33. The predicted molar refractivity (Wildman–Crippen MR) is 115 cm³/mol. The fourth-order valence-corrected chi connectivity index (χ4v) is 4.57. The van der Waals surface area contributed by atoms with Gasteiger partial charge in [0.15, 0.2) is 5.65 Å². The van der Waals surface area contributed by atoms with Crippen LogP contribution >= 0.6 is 0 Å². The summed E-state index contributed by atoms with van der Waals surface area (Å²) in [6.45, 7) is 3.57. The molecular weight excluding hydrogens is 399 g/mol. The fourth-order valence-electron chi connectivity index (χ4n) is 4.57. The van der Waals surface area contributed by atoms with E-state index in [0.717, 1.165) is 36.3 Å². The van der Waals surface area contributed by atoms with E-state index in [9.17, 15) is 14.3 Å². The van der Waals surface area contributed by atoms with Crippen LogP contribution in [-0.4, -0.2) is 56.4 Å². The largest absolute Gasteiger partial charge is 0.391 e. The molecule has 2 aliphatic rings. The average Bonchev–Trinajstić information content (AvgIpc) is 3.47. The molecule has 0 bridgehead atoms. The number of benzene rings is 1. The third-order valence-corrected chi connectivity index (χ3v) is 6.04. The van der Waals surface area contributed by atoms with Crippen LogP contribution in [0.25, 0.3) is 5.65 Å². The number of nitrogens with one attached hydrogen (secondary N) is 1. The van der Waals surface area contributed by atoms with Crippen molar-refractivity contribution < 1.29 is 14.3 Å². The lowest BCUT2D eigenvalue weighted by atomic mass is 10.0. The van der Waals surface area contributed by atoms with Gasteiger partial charge in [0.25, 0.3) is 0 Å². The first-order chi connectivity index (χ1) is 15.0. The second kappa shape index (κ2) is 7.81. The molecule has 2 fully saturated rings. The predicted octanol–water partition coefficient (Wildman–Crippen LogP) is 3.12. The maximum atomic E-state index is 14.0. The molecule has 31 heavy (non-hydrogen) atoms. The van der Waals surface area contributed by atoms with Gasteiger partial charge in [-0.25, -0.2) is 18.7 Å². The molecular formula is C22H25FN6O2. The van der Waals surface area contributed by atoms with Crippen molar-refractivity contribution in [1.29, 1.82) is 0 Å². The Morgan fingerprint density at radius 1 is 1.26 bits per heavy atom. The molecule has 9 heteroatoms. The molecule has 0 unspecified atom stereocenters. The van der Waals surface area contributed by atoms with Crippen LogP contribution in [0, 0.1) is 12.7 Å². The Labute approximate surface area is 179 Å². The van der Waals surface area contributed by atoms with E-state index < -0.39 is 6.10 Å². The van der Waals surface area contributed by atoms with Crippen LogP contribution in [0.4, 0.5) is 20.7 Å². The Morgan fingerprint density at radius 2 is 2.13 bits per heavy atom. The number of β-amino-alcohol motifs (C(OH)–C–C–N with tert-alkyl or cyclic N) is 1. The summed E-state index contributed by atoms with van der Waals surface area (Å²) in [6.07, 6.45) is 5.43. The quantitative estimate of drug-likeness (QED) is 0.675.